The summed E-state index contributed by atoms with van der Waals surface area (Å²) in [7, 11) is 2.14. The third-order valence-electron chi connectivity index (χ3n) is 5.07. The van der Waals surface area contributed by atoms with E-state index in [1.54, 1.807) is 0 Å². The van der Waals surface area contributed by atoms with Gasteiger partial charge in [-0.3, -0.25) is 4.90 Å². The molecule has 0 amide bonds. The first kappa shape index (κ1) is 16.5. The van der Waals surface area contributed by atoms with Gasteiger partial charge in [0.15, 0.2) is 0 Å². The van der Waals surface area contributed by atoms with Crippen LogP contribution in [0, 0.1) is 0 Å². The maximum atomic E-state index is 9.29. The van der Waals surface area contributed by atoms with Crippen molar-refractivity contribution in [3.8, 4) is 0 Å². The lowest BCUT2D eigenvalue weighted by Gasteiger charge is -2.40. The summed E-state index contributed by atoms with van der Waals surface area (Å²) in [5.41, 5.74) is 1.12. The molecule has 6 nitrogen and oxygen atoms in total. The number of hydrogen-bond acceptors (Lipinski definition) is 6. The van der Waals surface area contributed by atoms with Gasteiger partial charge in [0, 0.05) is 57.1 Å². The molecule has 3 rings (SSSR count). The van der Waals surface area contributed by atoms with E-state index < -0.39 is 0 Å². The van der Waals surface area contributed by atoms with E-state index in [4.69, 9.17) is 9.97 Å². The lowest BCUT2D eigenvalue weighted by atomic mass is 10.1. The number of likely N-dealkylation sites (N-methyl/N-ethyl adjacent to an activating group) is 1. The highest BCUT2D eigenvalue weighted by Crippen LogP contribution is 2.23. The highest BCUT2D eigenvalue weighted by atomic mass is 16.3. The van der Waals surface area contributed by atoms with Crippen molar-refractivity contribution in [1.29, 1.82) is 0 Å². The Labute approximate surface area is 139 Å². The topological polar surface area (TPSA) is 55.7 Å². The molecule has 1 aromatic heterocycles. The molecule has 0 radical (unpaired) electrons. The standard InChI is InChI=1S/C17H29N5O/c1-3-14-12-16(19-17(18-14)21-7-4-5-8-21)22-10-9-20(2)15(13-22)6-11-23/h12,15,23H,3-11,13H2,1-2H3. The minimum absolute atomic E-state index is 0.242. The van der Waals surface area contributed by atoms with Gasteiger partial charge in [0.05, 0.1) is 0 Å². The third-order valence-corrected chi connectivity index (χ3v) is 5.07. The largest absolute Gasteiger partial charge is 0.396 e. The second kappa shape index (κ2) is 7.45. The van der Waals surface area contributed by atoms with Gasteiger partial charge in [-0.25, -0.2) is 4.98 Å². The molecule has 1 N–H and O–H groups in total. The fraction of sp³-hybridized carbons (Fsp3) is 0.765. The Bertz CT molecular complexity index is 518. The van der Waals surface area contributed by atoms with Gasteiger partial charge in [-0.15, -0.1) is 0 Å². The van der Waals surface area contributed by atoms with Gasteiger partial charge < -0.3 is 14.9 Å². The van der Waals surface area contributed by atoms with Crippen molar-refractivity contribution < 1.29 is 5.11 Å². The molecule has 23 heavy (non-hydrogen) atoms. The highest BCUT2D eigenvalue weighted by Gasteiger charge is 2.26. The first-order valence-electron chi connectivity index (χ1n) is 8.90. The van der Waals surface area contributed by atoms with Crippen LogP contribution in [0.2, 0.25) is 0 Å². The van der Waals surface area contributed by atoms with Gasteiger partial charge in [0.25, 0.3) is 0 Å². The number of hydrogen-bond donors (Lipinski definition) is 1. The molecule has 2 aliphatic heterocycles. The maximum absolute atomic E-state index is 9.29. The molecule has 1 unspecified atom stereocenters. The van der Waals surface area contributed by atoms with Crippen LogP contribution >= 0.6 is 0 Å². The second-order valence-corrected chi connectivity index (χ2v) is 6.66. The van der Waals surface area contributed by atoms with Gasteiger partial charge in [-0.05, 0) is 32.7 Å². The van der Waals surface area contributed by atoms with Crippen molar-refractivity contribution in [3.63, 3.8) is 0 Å². The van der Waals surface area contributed by atoms with Crippen LogP contribution in [0.5, 0.6) is 0 Å². The number of anilines is 2. The molecule has 2 saturated heterocycles. The normalized spacial score (nSPS) is 22.8. The van der Waals surface area contributed by atoms with Crippen molar-refractivity contribution >= 4 is 11.8 Å². The Morgan fingerprint density at radius 3 is 2.61 bits per heavy atom. The summed E-state index contributed by atoms with van der Waals surface area (Å²) in [5.74, 6) is 1.95. The molecule has 2 aliphatic rings. The lowest BCUT2D eigenvalue weighted by Crippen LogP contribution is -2.52. The first-order chi connectivity index (χ1) is 11.2. The minimum Gasteiger partial charge on any atom is -0.396 e. The molecule has 0 aliphatic carbocycles. The SMILES string of the molecule is CCc1cc(N2CCN(C)C(CCO)C2)nc(N2CCCC2)n1. The summed E-state index contributed by atoms with van der Waals surface area (Å²) in [6.45, 7) is 7.46. The van der Waals surface area contributed by atoms with E-state index in [0.717, 1.165) is 63.0 Å². The molecule has 0 bridgehead atoms. The number of aliphatic hydroxyl groups excluding tert-OH is 1. The minimum atomic E-state index is 0.242. The van der Waals surface area contributed by atoms with Gasteiger partial charge in [0.1, 0.15) is 5.82 Å². The van der Waals surface area contributed by atoms with Gasteiger partial charge >= 0.3 is 0 Å². The van der Waals surface area contributed by atoms with Crippen LogP contribution in [-0.2, 0) is 6.42 Å². The van der Waals surface area contributed by atoms with Crippen molar-refractivity contribution in [2.24, 2.45) is 0 Å². The molecular weight excluding hydrogens is 290 g/mol. The van der Waals surface area contributed by atoms with E-state index >= 15 is 0 Å². The van der Waals surface area contributed by atoms with E-state index in [2.05, 4.69) is 34.7 Å². The number of nitrogens with zero attached hydrogens (tertiary/aromatic N) is 5. The Balaban J connectivity index is 1.81. The Hall–Kier alpha value is -1.40. The van der Waals surface area contributed by atoms with Crippen LogP contribution in [0.25, 0.3) is 0 Å². The monoisotopic (exact) mass is 319 g/mol. The number of aromatic nitrogens is 2. The number of rotatable bonds is 5. The average molecular weight is 319 g/mol. The molecular formula is C17H29N5O. The average Bonchev–Trinajstić information content (AvgIpc) is 3.11. The number of piperazine rings is 1. The molecule has 1 atom stereocenters. The number of aliphatic hydroxyl groups is 1. The molecule has 0 saturated carbocycles. The Morgan fingerprint density at radius 1 is 1.13 bits per heavy atom. The van der Waals surface area contributed by atoms with E-state index in [0.29, 0.717) is 6.04 Å². The zero-order valence-corrected chi connectivity index (χ0v) is 14.4. The van der Waals surface area contributed by atoms with Crippen LogP contribution in [0.3, 0.4) is 0 Å². The third kappa shape index (κ3) is 3.75. The van der Waals surface area contributed by atoms with Gasteiger partial charge in [-0.1, -0.05) is 6.92 Å². The Kier molecular flexibility index (Phi) is 5.33. The summed E-state index contributed by atoms with van der Waals surface area (Å²) < 4.78 is 0. The van der Waals surface area contributed by atoms with Crippen LogP contribution in [0.1, 0.15) is 31.9 Å². The lowest BCUT2D eigenvalue weighted by molar-refractivity contribution is 0.170. The fourth-order valence-electron chi connectivity index (χ4n) is 3.49. The Morgan fingerprint density at radius 2 is 1.91 bits per heavy atom. The predicted molar refractivity (Wildman–Crippen MR) is 93.2 cm³/mol. The van der Waals surface area contributed by atoms with Crippen LogP contribution in [0.4, 0.5) is 11.8 Å². The maximum Gasteiger partial charge on any atom is 0.227 e. The summed E-state index contributed by atoms with van der Waals surface area (Å²) in [6.07, 6.45) is 4.23. The van der Waals surface area contributed by atoms with E-state index in [1.165, 1.54) is 12.8 Å². The van der Waals surface area contributed by atoms with E-state index in [9.17, 15) is 5.11 Å². The van der Waals surface area contributed by atoms with Crippen molar-refractivity contribution in [2.75, 3.05) is 56.2 Å². The first-order valence-corrected chi connectivity index (χ1v) is 8.90. The summed E-state index contributed by atoms with van der Waals surface area (Å²) in [5, 5.41) is 9.29. The number of aryl methyl sites for hydroxylation is 1. The molecule has 3 heterocycles. The molecule has 128 valence electrons. The summed E-state index contributed by atoms with van der Waals surface area (Å²) in [4.78, 5) is 16.6. The molecule has 1 aromatic rings. The molecule has 2 fully saturated rings. The second-order valence-electron chi connectivity index (χ2n) is 6.66. The molecule has 0 aromatic carbocycles. The van der Waals surface area contributed by atoms with Crippen LogP contribution in [-0.4, -0.2) is 72.4 Å². The molecule has 6 heteroatoms. The van der Waals surface area contributed by atoms with Gasteiger partial charge in [0.2, 0.25) is 5.95 Å². The summed E-state index contributed by atoms with van der Waals surface area (Å²) >= 11 is 0. The quantitative estimate of drug-likeness (QED) is 0.878. The van der Waals surface area contributed by atoms with Gasteiger partial charge in [-0.2, -0.15) is 4.98 Å². The fourth-order valence-corrected chi connectivity index (χ4v) is 3.49. The van der Waals surface area contributed by atoms with E-state index in [1.807, 2.05) is 0 Å². The van der Waals surface area contributed by atoms with Crippen molar-refractivity contribution in [3.05, 3.63) is 11.8 Å². The van der Waals surface area contributed by atoms with Crippen LogP contribution in [0.15, 0.2) is 6.07 Å². The zero-order valence-electron chi connectivity index (χ0n) is 14.4. The smallest absolute Gasteiger partial charge is 0.227 e. The summed E-state index contributed by atoms with van der Waals surface area (Å²) in [6, 6.07) is 2.53. The predicted octanol–water partition coefficient (Wildman–Crippen LogP) is 1.14. The highest BCUT2D eigenvalue weighted by molar-refractivity contribution is 5.47. The van der Waals surface area contributed by atoms with E-state index in [-0.39, 0.29) is 6.61 Å². The zero-order chi connectivity index (χ0) is 16.2. The van der Waals surface area contributed by atoms with Crippen LogP contribution < -0.4 is 9.80 Å². The van der Waals surface area contributed by atoms with Crippen molar-refractivity contribution in [1.82, 2.24) is 14.9 Å². The van der Waals surface area contributed by atoms with Crippen molar-refractivity contribution in [2.45, 2.75) is 38.6 Å². The molecule has 0 spiro atoms.